The number of aliphatic imine (C=N–C) groups is 1. The van der Waals surface area contributed by atoms with Crippen molar-refractivity contribution in [3.8, 4) is 0 Å². The van der Waals surface area contributed by atoms with Gasteiger partial charge in [-0.15, -0.1) is 12.4 Å². The second-order valence-corrected chi connectivity index (χ2v) is 6.30. The van der Waals surface area contributed by atoms with Crippen LogP contribution < -0.4 is 0 Å². The number of rotatable bonds is 0. The van der Waals surface area contributed by atoms with Gasteiger partial charge in [-0.25, -0.2) is 4.99 Å². The lowest BCUT2D eigenvalue weighted by Crippen LogP contribution is -2.38. The Hall–Kier alpha value is -1.35. The third kappa shape index (κ3) is 1.87. The summed E-state index contributed by atoms with van der Waals surface area (Å²) in [5.74, 6) is 0. The molecule has 0 atom stereocenters. The number of nitrogens with zero attached hydrogens (tertiary/aromatic N) is 2. The van der Waals surface area contributed by atoms with E-state index in [1.165, 1.54) is 0 Å². The molecule has 0 spiro atoms. The number of hydrogen-bond acceptors (Lipinski definition) is 1. The number of hydrogen-bond donors (Lipinski definition) is 0. The van der Waals surface area contributed by atoms with E-state index in [4.69, 9.17) is 23.2 Å². The van der Waals surface area contributed by atoms with Crippen molar-refractivity contribution in [2.24, 2.45) is 4.99 Å². The van der Waals surface area contributed by atoms with Crippen LogP contribution in [0.2, 0.25) is 0 Å². The molecule has 4 rings (SSSR count). The lowest BCUT2D eigenvalue weighted by atomic mass is 9.95. The maximum Gasteiger partial charge on any atom is 0.240 e. The lowest BCUT2D eigenvalue weighted by molar-refractivity contribution is -0.404. The van der Waals surface area contributed by atoms with Crippen molar-refractivity contribution < 1.29 is 4.58 Å². The van der Waals surface area contributed by atoms with E-state index in [0.29, 0.717) is 5.71 Å². The molecule has 2 aliphatic heterocycles. The molecule has 2 aliphatic rings. The zero-order chi connectivity index (χ0) is 13.9. The van der Waals surface area contributed by atoms with Crippen LogP contribution in [0.1, 0.15) is 11.1 Å². The van der Waals surface area contributed by atoms with E-state index >= 15 is 0 Å². The largest absolute Gasteiger partial charge is 0.242 e. The highest BCUT2D eigenvalue weighted by molar-refractivity contribution is 6.71. The first-order valence-corrected chi connectivity index (χ1v) is 7.13. The van der Waals surface area contributed by atoms with Gasteiger partial charge in [-0.3, -0.25) is 0 Å². The van der Waals surface area contributed by atoms with Crippen LogP contribution in [0.15, 0.2) is 53.5 Å². The van der Waals surface area contributed by atoms with Crippen molar-refractivity contribution in [2.75, 3.05) is 7.05 Å². The number of fused-ring (bicyclic) bond motifs is 4. The summed E-state index contributed by atoms with van der Waals surface area (Å²) in [7, 11) is 2.02. The molecule has 0 fully saturated rings. The van der Waals surface area contributed by atoms with E-state index < -0.39 is 4.33 Å². The Morgan fingerprint density at radius 2 is 1.67 bits per heavy atom. The summed E-state index contributed by atoms with van der Waals surface area (Å²) < 4.78 is 1.00. The Morgan fingerprint density at radius 3 is 2.48 bits per heavy atom. The van der Waals surface area contributed by atoms with E-state index in [9.17, 15) is 0 Å². The second kappa shape index (κ2) is 4.84. The van der Waals surface area contributed by atoms with Gasteiger partial charge in [0.25, 0.3) is 0 Å². The zero-order valence-electron chi connectivity index (χ0n) is 11.2. The monoisotopic (exact) mass is 337 g/mol. The Bertz CT molecular complexity index is 807. The number of para-hydroxylation sites is 2. The summed E-state index contributed by atoms with van der Waals surface area (Å²) in [4.78, 5) is 4.65. The Balaban J connectivity index is 0.00000132. The summed E-state index contributed by atoms with van der Waals surface area (Å²) >= 11 is 13.3. The van der Waals surface area contributed by atoms with Crippen molar-refractivity contribution in [1.29, 1.82) is 0 Å². The maximum atomic E-state index is 6.65. The minimum atomic E-state index is -1.11. The van der Waals surface area contributed by atoms with E-state index in [2.05, 4.69) is 15.6 Å². The van der Waals surface area contributed by atoms with Crippen LogP contribution in [0.5, 0.6) is 0 Å². The molecule has 21 heavy (non-hydrogen) atoms. The Labute approximate surface area is 139 Å². The van der Waals surface area contributed by atoms with Gasteiger partial charge in [-0.2, -0.15) is 4.58 Å². The average molecular weight is 339 g/mol. The molecule has 0 aliphatic carbocycles. The highest BCUT2D eigenvalue weighted by Gasteiger charge is 2.50. The first-order chi connectivity index (χ1) is 9.60. The minimum absolute atomic E-state index is 0. The molecule has 106 valence electrons. The highest BCUT2D eigenvalue weighted by atomic mass is 35.5. The Morgan fingerprint density at radius 1 is 1.00 bits per heavy atom. The van der Waals surface area contributed by atoms with Crippen LogP contribution in [0.3, 0.4) is 0 Å². The summed E-state index contributed by atoms with van der Waals surface area (Å²) in [6.07, 6.45) is 0. The quantitative estimate of drug-likeness (QED) is 0.493. The molecule has 0 aromatic heterocycles. The van der Waals surface area contributed by atoms with Gasteiger partial charge in [-0.1, -0.05) is 47.5 Å². The predicted molar refractivity (Wildman–Crippen MR) is 90.6 cm³/mol. The maximum absolute atomic E-state index is 6.65. The molecule has 2 heterocycles. The molecule has 0 saturated heterocycles. The summed E-state index contributed by atoms with van der Waals surface area (Å²) in [6, 6.07) is 15.9. The van der Waals surface area contributed by atoms with Crippen molar-refractivity contribution >= 4 is 58.4 Å². The first-order valence-electron chi connectivity index (χ1n) is 6.37. The van der Waals surface area contributed by atoms with Gasteiger partial charge in [0.15, 0.2) is 10.0 Å². The number of alkyl halides is 2. The van der Waals surface area contributed by atoms with Gasteiger partial charge in [0, 0.05) is 6.07 Å². The predicted octanol–water partition coefficient (Wildman–Crippen LogP) is 4.60. The molecule has 0 unspecified atom stereocenters. The SMILES string of the molecule is C[N+]1=C2C(=Nc3ccccc32)C(Cl)(Cl)c2ccccc21.Cl. The van der Waals surface area contributed by atoms with Crippen LogP contribution in [-0.4, -0.2) is 23.0 Å². The fourth-order valence-electron chi connectivity index (χ4n) is 2.91. The first kappa shape index (κ1) is 14.6. The van der Waals surface area contributed by atoms with E-state index in [0.717, 1.165) is 28.2 Å². The normalized spacial score (nSPS) is 17.4. The van der Waals surface area contributed by atoms with Crippen LogP contribution >= 0.6 is 35.6 Å². The van der Waals surface area contributed by atoms with Gasteiger partial charge in [0.2, 0.25) is 11.4 Å². The van der Waals surface area contributed by atoms with Gasteiger partial charge in [0.1, 0.15) is 7.05 Å². The molecule has 0 saturated carbocycles. The summed E-state index contributed by atoms with van der Waals surface area (Å²) in [5, 5.41) is 0. The van der Waals surface area contributed by atoms with E-state index in [1.54, 1.807) is 0 Å². The van der Waals surface area contributed by atoms with Crippen molar-refractivity contribution in [3.63, 3.8) is 0 Å². The van der Waals surface area contributed by atoms with E-state index in [1.807, 2.05) is 49.5 Å². The molecular weight excluding hydrogens is 327 g/mol. The minimum Gasteiger partial charge on any atom is -0.242 e. The van der Waals surface area contributed by atoms with Crippen molar-refractivity contribution in [1.82, 2.24) is 0 Å². The molecule has 2 aromatic carbocycles. The van der Waals surface area contributed by atoms with Gasteiger partial charge < -0.3 is 0 Å². The van der Waals surface area contributed by atoms with Crippen molar-refractivity contribution in [3.05, 3.63) is 59.7 Å². The van der Waals surface area contributed by atoms with Crippen LogP contribution in [0, 0.1) is 0 Å². The molecule has 5 heteroatoms. The van der Waals surface area contributed by atoms with Gasteiger partial charge >= 0.3 is 0 Å². The summed E-state index contributed by atoms with van der Waals surface area (Å²) in [5.41, 5.74) is 5.59. The molecule has 0 N–H and O–H groups in total. The highest BCUT2D eigenvalue weighted by Crippen LogP contribution is 2.47. The van der Waals surface area contributed by atoms with E-state index in [-0.39, 0.29) is 12.4 Å². The topological polar surface area (TPSA) is 15.4 Å². The Kier molecular flexibility index (Phi) is 3.36. The number of halogens is 3. The van der Waals surface area contributed by atoms with Gasteiger partial charge in [-0.05, 0) is 18.2 Å². The zero-order valence-corrected chi connectivity index (χ0v) is 13.5. The fraction of sp³-hybridized carbons (Fsp3) is 0.125. The van der Waals surface area contributed by atoms with Crippen molar-refractivity contribution in [2.45, 2.75) is 4.33 Å². The second-order valence-electron chi connectivity index (χ2n) is 4.98. The molecule has 2 nitrogen and oxygen atoms in total. The summed E-state index contributed by atoms with van der Waals surface area (Å²) in [6.45, 7) is 0. The fourth-order valence-corrected chi connectivity index (χ4v) is 3.49. The lowest BCUT2D eigenvalue weighted by Gasteiger charge is -2.25. The molecule has 0 bridgehead atoms. The molecule has 2 aromatic rings. The van der Waals surface area contributed by atoms with Crippen LogP contribution in [0.25, 0.3) is 0 Å². The smallest absolute Gasteiger partial charge is 0.240 e. The molecule has 0 amide bonds. The third-order valence-corrected chi connectivity index (χ3v) is 4.62. The standard InChI is InChI=1S/C16H11Cl2N2.ClH/c1-20-13-9-5-3-7-11(13)16(17,18)15-14(20)10-6-2-4-8-12(10)19-15;/h2-9H,1H3;1H/q+1;. The third-order valence-electron chi connectivity index (χ3n) is 3.85. The van der Waals surface area contributed by atoms with Crippen LogP contribution in [0.4, 0.5) is 11.4 Å². The van der Waals surface area contributed by atoms with Gasteiger partial charge in [0.05, 0.1) is 16.8 Å². The molecular formula is C16H12Cl3N2+. The van der Waals surface area contributed by atoms with Crippen LogP contribution in [-0.2, 0) is 4.33 Å². The number of benzene rings is 2. The molecule has 0 radical (unpaired) electrons. The average Bonchev–Trinajstić information content (AvgIpc) is 2.86.